The van der Waals surface area contributed by atoms with Crippen LogP contribution in [0.4, 0.5) is 0 Å². The zero-order valence-corrected chi connectivity index (χ0v) is 13.5. The van der Waals surface area contributed by atoms with Gasteiger partial charge in [-0.05, 0) is 18.3 Å². The second-order valence-corrected chi connectivity index (χ2v) is 6.44. The Labute approximate surface area is 139 Å². The maximum Gasteiger partial charge on any atom is 0.341 e. The van der Waals surface area contributed by atoms with Crippen LogP contribution in [0.3, 0.4) is 0 Å². The molecule has 6 N–H and O–H groups in total. The average Bonchev–Trinajstić information content (AvgIpc) is 2.47. The van der Waals surface area contributed by atoms with Crippen LogP contribution < -0.4 is 11.1 Å². The largest absolute Gasteiger partial charge is 0.481 e. The van der Waals surface area contributed by atoms with Gasteiger partial charge in [-0.15, -0.1) is 0 Å². The zero-order chi connectivity index (χ0) is 18.5. The first-order valence-electron chi connectivity index (χ1n) is 7.86. The fraction of sp³-hybridized carbons (Fsp3) is 0.733. The first-order chi connectivity index (χ1) is 11.1. The predicted molar refractivity (Wildman–Crippen MR) is 82.1 cm³/mol. The number of carboxylic acid groups (broad SMARTS) is 3. The minimum Gasteiger partial charge on any atom is -0.481 e. The van der Waals surface area contributed by atoms with E-state index < -0.39 is 41.8 Å². The molecule has 24 heavy (non-hydrogen) atoms. The third kappa shape index (κ3) is 4.67. The molecule has 0 aromatic rings. The minimum atomic E-state index is -2.51. The second kappa shape index (κ2) is 8.09. The van der Waals surface area contributed by atoms with Crippen molar-refractivity contribution in [1.82, 2.24) is 5.32 Å². The van der Waals surface area contributed by atoms with Crippen molar-refractivity contribution in [3.63, 3.8) is 0 Å². The third-order valence-corrected chi connectivity index (χ3v) is 4.66. The van der Waals surface area contributed by atoms with Gasteiger partial charge in [0.15, 0.2) is 0 Å². The molecule has 1 rings (SSSR count). The summed E-state index contributed by atoms with van der Waals surface area (Å²) in [6.45, 7) is 1.93. The van der Waals surface area contributed by atoms with Gasteiger partial charge in [0.2, 0.25) is 11.4 Å². The zero-order valence-electron chi connectivity index (χ0n) is 13.5. The Morgan fingerprint density at radius 3 is 2.12 bits per heavy atom. The van der Waals surface area contributed by atoms with Crippen LogP contribution in [-0.4, -0.2) is 50.7 Å². The van der Waals surface area contributed by atoms with Gasteiger partial charge in [0, 0.05) is 0 Å². The van der Waals surface area contributed by atoms with Gasteiger partial charge in [0.25, 0.3) is 0 Å². The molecule has 0 aliphatic heterocycles. The number of carbonyl (C=O) groups excluding carboxylic acids is 1. The lowest BCUT2D eigenvalue weighted by Crippen LogP contribution is -2.64. The van der Waals surface area contributed by atoms with E-state index in [1.165, 1.54) is 0 Å². The van der Waals surface area contributed by atoms with Gasteiger partial charge in [0.1, 0.15) is 0 Å². The molecule has 9 nitrogen and oxygen atoms in total. The van der Waals surface area contributed by atoms with Crippen molar-refractivity contribution in [2.24, 2.45) is 17.6 Å². The quantitative estimate of drug-likeness (QED) is 0.384. The molecule has 0 aromatic heterocycles. The van der Waals surface area contributed by atoms with Crippen molar-refractivity contribution in [2.45, 2.75) is 57.0 Å². The van der Waals surface area contributed by atoms with Gasteiger partial charge in [0.05, 0.1) is 12.5 Å². The summed E-state index contributed by atoms with van der Waals surface area (Å²) in [6, 6.07) is -1.52. The van der Waals surface area contributed by atoms with Crippen LogP contribution in [0.2, 0.25) is 0 Å². The molecule has 0 saturated heterocycles. The number of hydrogen-bond acceptors (Lipinski definition) is 5. The van der Waals surface area contributed by atoms with Gasteiger partial charge in [-0.2, -0.15) is 0 Å². The number of carboxylic acids is 3. The van der Waals surface area contributed by atoms with Gasteiger partial charge < -0.3 is 26.4 Å². The van der Waals surface area contributed by atoms with Crippen LogP contribution in [0.25, 0.3) is 0 Å². The summed E-state index contributed by atoms with van der Waals surface area (Å²) in [6.07, 6.45) is 2.44. The molecule has 1 aliphatic carbocycles. The van der Waals surface area contributed by atoms with E-state index >= 15 is 0 Å². The Morgan fingerprint density at radius 2 is 1.67 bits per heavy atom. The Balaban J connectivity index is 3.01. The van der Waals surface area contributed by atoms with Crippen molar-refractivity contribution in [3.05, 3.63) is 0 Å². The number of nitrogens with one attached hydrogen (secondary N) is 1. The lowest BCUT2D eigenvalue weighted by molar-refractivity contribution is -0.163. The van der Waals surface area contributed by atoms with E-state index in [0.29, 0.717) is 6.42 Å². The molecular weight excluding hydrogens is 320 g/mol. The fourth-order valence-electron chi connectivity index (χ4n) is 3.10. The maximum atomic E-state index is 12.0. The molecule has 0 spiro atoms. The van der Waals surface area contributed by atoms with Crippen LogP contribution in [0.15, 0.2) is 0 Å². The molecule has 1 saturated carbocycles. The third-order valence-electron chi connectivity index (χ3n) is 4.66. The number of hydrogen-bond donors (Lipinski definition) is 5. The lowest BCUT2D eigenvalue weighted by atomic mass is 9.73. The smallest absolute Gasteiger partial charge is 0.341 e. The summed E-state index contributed by atoms with van der Waals surface area (Å²) < 4.78 is 0. The van der Waals surface area contributed by atoms with E-state index in [-0.39, 0.29) is 18.3 Å². The lowest BCUT2D eigenvalue weighted by Gasteiger charge is -2.35. The SMILES string of the molecule is CC1CCCCC1CC(NC(=O)[C@@H](N)CC(=O)O)(C(=O)O)C(=O)O. The van der Waals surface area contributed by atoms with E-state index in [9.17, 15) is 29.4 Å². The van der Waals surface area contributed by atoms with E-state index in [1.54, 1.807) is 0 Å². The number of carbonyl (C=O) groups is 4. The summed E-state index contributed by atoms with van der Waals surface area (Å²) in [5.74, 6) is -5.85. The highest BCUT2D eigenvalue weighted by molar-refractivity contribution is 6.07. The first kappa shape index (κ1) is 19.9. The van der Waals surface area contributed by atoms with Gasteiger partial charge in [-0.3, -0.25) is 9.59 Å². The fourth-order valence-corrected chi connectivity index (χ4v) is 3.10. The van der Waals surface area contributed by atoms with E-state index in [2.05, 4.69) is 0 Å². The van der Waals surface area contributed by atoms with Gasteiger partial charge >= 0.3 is 17.9 Å². The molecule has 9 heteroatoms. The number of nitrogens with two attached hydrogens (primary N) is 1. The molecule has 3 atom stereocenters. The van der Waals surface area contributed by atoms with Crippen LogP contribution in [0.1, 0.15) is 45.4 Å². The van der Waals surface area contributed by atoms with Crippen LogP contribution in [0, 0.1) is 11.8 Å². The summed E-state index contributed by atoms with van der Waals surface area (Å²) in [5.41, 5.74) is 2.90. The first-order valence-corrected chi connectivity index (χ1v) is 7.86. The van der Waals surface area contributed by atoms with Crippen molar-refractivity contribution >= 4 is 23.8 Å². The molecule has 1 amide bonds. The Morgan fingerprint density at radius 1 is 1.12 bits per heavy atom. The Kier molecular flexibility index (Phi) is 6.70. The highest BCUT2D eigenvalue weighted by Gasteiger charge is 2.50. The molecule has 0 bridgehead atoms. The van der Waals surface area contributed by atoms with Crippen LogP contribution in [-0.2, 0) is 19.2 Å². The van der Waals surface area contributed by atoms with Crippen LogP contribution in [0.5, 0.6) is 0 Å². The summed E-state index contributed by atoms with van der Waals surface area (Å²) in [4.78, 5) is 46.0. The summed E-state index contributed by atoms with van der Waals surface area (Å²) in [5, 5.41) is 29.6. The molecule has 0 heterocycles. The van der Waals surface area contributed by atoms with Crippen molar-refractivity contribution in [2.75, 3.05) is 0 Å². The standard InChI is InChI=1S/C15H24N2O7/c1-8-4-2-3-5-9(8)7-15(13(21)22,14(23)24)17-12(20)10(16)6-11(18)19/h8-10H,2-7,16H2,1H3,(H,17,20)(H,18,19)(H,21,22)(H,23,24)/t8?,9?,10-/m0/s1. The molecule has 1 fully saturated rings. The van der Waals surface area contributed by atoms with Crippen LogP contribution >= 0.6 is 0 Å². The van der Waals surface area contributed by atoms with Crippen molar-refractivity contribution in [1.29, 1.82) is 0 Å². The molecule has 0 aromatic carbocycles. The molecule has 2 unspecified atom stereocenters. The second-order valence-electron chi connectivity index (χ2n) is 6.44. The normalized spacial score (nSPS) is 22.4. The van der Waals surface area contributed by atoms with Crippen molar-refractivity contribution < 1.29 is 34.5 Å². The predicted octanol–water partition coefficient (Wildman–Crippen LogP) is 0.0290. The molecular formula is C15H24N2O7. The highest BCUT2D eigenvalue weighted by Crippen LogP contribution is 2.35. The minimum absolute atomic E-state index is 0.140. The number of rotatable bonds is 8. The van der Waals surface area contributed by atoms with Crippen molar-refractivity contribution in [3.8, 4) is 0 Å². The van der Waals surface area contributed by atoms with Gasteiger partial charge in [-0.25, -0.2) is 9.59 Å². The monoisotopic (exact) mass is 344 g/mol. The molecule has 0 radical (unpaired) electrons. The van der Waals surface area contributed by atoms with Gasteiger partial charge in [-0.1, -0.05) is 32.6 Å². The van der Waals surface area contributed by atoms with E-state index in [4.69, 9.17) is 10.8 Å². The highest BCUT2D eigenvalue weighted by atomic mass is 16.4. The summed E-state index contributed by atoms with van der Waals surface area (Å²) in [7, 11) is 0. The topological polar surface area (TPSA) is 167 Å². The Hall–Kier alpha value is -2.16. The summed E-state index contributed by atoms with van der Waals surface area (Å²) >= 11 is 0. The number of amides is 1. The molecule has 1 aliphatic rings. The Bertz CT molecular complexity index is 506. The van der Waals surface area contributed by atoms with E-state index in [1.807, 2.05) is 12.2 Å². The maximum absolute atomic E-state index is 12.0. The number of aliphatic carboxylic acids is 3. The van der Waals surface area contributed by atoms with E-state index in [0.717, 1.165) is 19.3 Å². The average molecular weight is 344 g/mol. The molecule has 136 valence electrons.